The molecule has 0 aromatic carbocycles. The van der Waals surface area contributed by atoms with Crippen molar-refractivity contribution in [2.75, 3.05) is 45.9 Å². The first kappa shape index (κ1) is 12.9. The van der Waals surface area contributed by atoms with Crippen molar-refractivity contribution >= 4 is 0 Å². The second kappa shape index (κ2) is 6.36. The number of fused-ring (bicyclic) bond motifs is 1. The lowest BCUT2D eigenvalue weighted by molar-refractivity contribution is 0.0418. The van der Waals surface area contributed by atoms with Crippen LogP contribution in [0.25, 0.3) is 0 Å². The minimum absolute atomic E-state index is 0.861. The molecule has 104 valence electrons. The maximum Gasteiger partial charge on any atom is 0.0494 e. The Bertz CT molecular complexity index is 255. The molecule has 0 radical (unpaired) electrons. The standard InChI is InChI=1S/C15H28N2O/c1-2-8-17-10-9-16(12-15(17)4-1)7-3-11-18-13-14-5-6-14/h14-15H,1-13H2. The number of hydrogen-bond acceptors (Lipinski definition) is 3. The summed E-state index contributed by atoms with van der Waals surface area (Å²) in [6.07, 6.45) is 8.33. The minimum atomic E-state index is 0.861. The van der Waals surface area contributed by atoms with Crippen LogP contribution in [0.1, 0.15) is 38.5 Å². The molecule has 0 N–H and O–H groups in total. The van der Waals surface area contributed by atoms with Crippen LogP contribution in [0.3, 0.4) is 0 Å². The second-order valence-electron chi connectivity index (χ2n) is 6.36. The van der Waals surface area contributed by atoms with Crippen LogP contribution in [-0.4, -0.2) is 61.8 Å². The smallest absolute Gasteiger partial charge is 0.0494 e. The highest BCUT2D eigenvalue weighted by Gasteiger charge is 2.28. The number of piperidine rings is 1. The van der Waals surface area contributed by atoms with Crippen molar-refractivity contribution in [3.63, 3.8) is 0 Å². The predicted octanol–water partition coefficient (Wildman–Crippen LogP) is 1.97. The molecule has 1 atom stereocenters. The SMILES string of the molecule is C1CCN2CCN(CCCOCC3CC3)CC2C1. The maximum atomic E-state index is 5.72. The average molecular weight is 252 g/mol. The summed E-state index contributed by atoms with van der Waals surface area (Å²) < 4.78 is 5.72. The molecule has 2 heterocycles. The minimum Gasteiger partial charge on any atom is -0.381 e. The molecule has 1 unspecified atom stereocenters. The molecule has 3 nitrogen and oxygen atoms in total. The van der Waals surface area contributed by atoms with E-state index in [1.165, 1.54) is 71.2 Å². The monoisotopic (exact) mass is 252 g/mol. The largest absolute Gasteiger partial charge is 0.381 e. The normalized spacial score (nSPS) is 30.3. The lowest BCUT2D eigenvalue weighted by atomic mass is 9.99. The zero-order chi connectivity index (χ0) is 12.2. The summed E-state index contributed by atoms with van der Waals surface area (Å²) in [5.74, 6) is 0.913. The Morgan fingerprint density at radius 1 is 1.00 bits per heavy atom. The summed E-state index contributed by atoms with van der Waals surface area (Å²) in [6, 6.07) is 0.861. The van der Waals surface area contributed by atoms with Crippen LogP contribution in [0, 0.1) is 5.92 Å². The second-order valence-corrected chi connectivity index (χ2v) is 6.36. The molecule has 1 saturated carbocycles. The lowest BCUT2D eigenvalue weighted by Gasteiger charge is -2.44. The molecule has 3 heteroatoms. The summed E-state index contributed by atoms with van der Waals surface area (Å²) in [4.78, 5) is 5.37. The van der Waals surface area contributed by atoms with Gasteiger partial charge in [-0.1, -0.05) is 6.42 Å². The average Bonchev–Trinajstić information content (AvgIpc) is 3.22. The van der Waals surface area contributed by atoms with E-state index < -0.39 is 0 Å². The fraction of sp³-hybridized carbons (Fsp3) is 1.00. The van der Waals surface area contributed by atoms with Gasteiger partial charge in [-0.05, 0) is 44.6 Å². The van der Waals surface area contributed by atoms with Gasteiger partial charge in [0.2, 0.25) is 0 Å². The van der Waals surface area contributed by atoms with Crippen LogP contribution >= 0.6 is 0 Å². The molecule has 2 aliphatic heterocycles. The third kappa shape index (κ3) is 3.69. The molecule has 0 aromatic heterocycles. The summed E-state index contributed by atoms with van der Waals surface area (Å²) >= 11 is 0. The van der Waals surface area contributed by atoms with Gasteiger partial charge in [-0.3, -0.25) is 4.90 Å². The first-order valence-corrected chi connectivity index (χ1v) is 7.96. The Labute approximate surface area is 111 Å². The van der Waals surface area contributed by atoms with Gasteiger partial charge < -0.3 is 9.64 Å². The van der Waals surface area contributed by atoms with E-state index in [1.54, 1.807) is 0 Å². The molecule has 0 amide bonds. The zero-order valence-corrected chi connectivity index (χ0v) is 11.6. The van der Waals surface area contributed by atoms with Crippen LogP contribution in [-0.2, 0) is 4.74 Å². The van der Waals surface area contributed by atoms with Crippen LogP contribution < -0.4 is 0 Å². The number of piperazine rings is 1. The van der Waals surface area contributed by atoms with Crippen LogP contribution in [0.4, 0.5) is 0 Å². The molecule has 0 aromatic rings. The van der Waals surface area contributed by atoms with Crippen LogP contribution in [0.5, 0.6) is 0 Å². The lowest BCUT2D eigenvalue weighted by Crippen LogP contribution is -2.54. The third-order valence-electron chi connectivity index (χ3n) is 4.73. The molecule has 2 saturated heterocycles. The fourth-order valence-electron chi connectivity index (χ4n) is 3.35. The first-order chi connectivity index (χ1) is 8.92. The highest BCUT2D eigenvalue weighted by atomic mass is 16.5. The van der Waals surface area contributed by atoms with E-state index >= 15 is 0 Å². The quantitative estimate of drug-likeness (QED) is 0.672. The molecule has 3 aliphatic rings. The van der Waals surface area contributed by atoms with Gasteiger partial charge in [0.1, 0.15) is 0 Å². The van der Waals surface area contributed by atoms with E-state index in [-0.39, 0.29) is 0 Å². The van der Waals surface area contributed by atoms with Crippen LogP contribution in [0.2, 0.25) is 0 Å². The van der Waals surface area contributed by atoms with Crippen molar-refractivity contribution < 1.29 is 4.74 Å². The molecule has 0 bridgehead atoms. The first-order valence-electron chi connectivity index (χ1n) is 7.96. The Balaban J connectivity index is 1.28. The molecular formula is C15H28N2O. The van der Waals surface area contributed by atoms with Crippen molar-refractivity contribution in [1.29, 1.82) is 0 Å². The predicted molar refractivity (Wildman–Crippen MR) is 73.8 cm³/mol. The number of nitrogens with zero attached hydrogens (tertiary/aromatic N) is 2. The van der Waals surface area contributed by atoms with E-state index in [4.69, 9.17) is 4.74 Å². The van der Waals surface area contributed by atoms with Gasteiger partial charge in [0, 0.05) is 45.4 Å². The van der Waals surface area contributed by atoms with Crippen molar-refractivity contribution in [1.82, 2.24) is 9.80 Å². The Kier molecular flexibility index (Phi) is 4.55. The van der Waals surface area contributed by atoms with E-state index in [0.29, 0.717) is 0 Å². The van der Waals surface area contributed by atoms with Gasteiger partial charge in [-0.2, -0.15) is 0 Å². The maximum absolute atomic E-state index is 5.72. The molecular weight excluding hydrogens is 224 g/mol. The topological polar surface area (TPSA) is 15.7 Å². The van der Waals surface area contributed by atoms with Crippen molar-refractivity contribution in [2.24, 2.45) is 5.92 Å². The van der Waals surface area contributed by atoms with Gasteiger partial charge >= 0.3 is 0 Å². The van der Waals surface area contributed by atoms with Gasteiger partial charge in [0.25, 0.3) is 0 Å². The number of rotatable bonds is 6. The van der Waals surface area contributed by atoms with Crippen molar-refractivity contribution in [2.45, 2.75) is 44.6 Å². The highest BCUT2D eigenvalue weighted by molar-refractivity contribution is 4.84. The van der Waals surface area contributed by atoms with Gasteiger partial charge in [-0.25, -0.2) is 0 Å². The van der Waals surface area contributed by atoms with E-state index in [1.807, 2.05) is 0 Å². The molecule has 18 heavy (non-hydrogen) atoms. The van der Waals surface area contributed by atoms with Crippen molar-refractivity contribution in [3.05, 3.63) is 0 Å². The van der Waals surface area contributed by atoms with Gasteiger partial charge in [0.05, 0.1) is 0 Å². The van der Waals surface area contributed by atoms with E-state index in [2.05, 4.69) is 9.80 Å². The Morgan fingerprint density at radius 2 is 1.94 bits per heavy atom. The summed E-state index contributed by atoms with van der Waals surface area (Å²) in [5, 5.41) is 0. The molecule has 3 rings (SSSR count). The van der Waals surface area contributed by atoms with E-state index in [9.17, 15) is 0 Å². The summed E-state index contributed by atoms with van der Waals surface area (Å²) in [5.41, 5.74) is 0. The summed E-state index contributed by atoms with van der Waals surface area (Å²) in [6.45, 7) is 8.48. The highest BCUT2D eigenvalue weighted by Crippen LogP contribution is 2.28. The molecule has 3 fully saturated rings. The number of hydrogen-bond donors (Lipinski definition) is 0. The Hall–Kier alpha value is -0.120. The zero-order valence-electron chi connectivity index (χ0n) is 11.6. The van der Waals surface area contributed by atoms with Crippen molar-refractivity contribution in [3.8, 4) is 0 Å². The molecule has 1 aliphatic carbocycles. The molecule has 0 spiro atoms. The van der Waals surface area contributed by atoms with Gasteiger partial charge in [0.15, 0.2) is 0 Å². The Morgan fingerprint density at radius 3 is 2.83 bits per heavy atom. The summed E-state index contributed by atoms with van der Waals surface area (Å²) in [7, 11) is 0. The van der Waals surface area contributed by atoms with Gasteiger partial charge in [-0.15, -0.1) is 0 Å². The third-order valence-corrected chi connectivity index (χ3v) is 4.73. The van der Waals surface area contributed by atoms with E-state index in [0.717, 1.165) is 25.2 Å². The van der Waals surface area contributed by atoms with Crippen LogP contribution in [0.15, 0.2) is 0 Å². The fourth-order valence-corrected chi connectivity index (χ4v) is 3.35. The number of ether oxygens (including phenoxy) is 1.